The summed E-state index contributed by atoms with van der Waals surface area (Å²) in [4.78, 5) is 34.9. The number of carbonyl (C=O) groups is 2. The van der Waals surface area contributed by atoms with Crippen LogP contribution in [-0.4, -0.2) is 54.1 Å². The van der Waals surface area contributed by atoms with Gasteiger partial charge in [0.25, 0.3) is 11.8 Å². The molecule has 8 nitrogen and oxygen atoms in total. The van der Waals surface area contributed by atoms with Crippen LogP contribution in [0.5, 0.6) is 0 Å². The number of nitrogens with zero attached hydrogens (tertiary/aromatic N) is 2. The summed E-state index contributed by atoms with van der Waals surface area (Å²) in [5.74, 6) is -0.465. The predicted octanol–water partition coefficient (Wildman–Crippen LogP) is 1.44. The second-order valence-corrected chi connectivity index (χ2v) is 10.6. The molecule has 3 heterocycles. The second kappa shape index (κ2) is 7.16. The molecule has 0 spiro atoms. The molecule has 4 rings (SSSR count). The van der Waals surface area contributed by atoms with E-state index in [1.807, 2.05) is 38.1 Å². The molecule has 1 aromatic heterocycles. The number of sulfone groups is 1. The summed E-state index contributed by atoms with van der Waals surface area (Å²) in [6.45, 7) is 5.58. The standard InChI is InChI=1S/C21H24N4O4S/c1-12(2)21(3)20(27)24-18(25-21)17-15(10-13-6-4-5-7-16(13)23-17)19(26)22-14-8-9-30(28,29)11-14/h4-7,10,12,14H,8-9,11H2,1-3H3,(H,22,26)(H,24,25,27)/t14-,21+/m0/s1. The summed E-state index contributed by atoms with van der Waals surface area (Å²) in [5.41, 5.74) is 0.257. The number of nitrogens with one attached hydrogen (secondary N) is 2. The van der Waals surface area contributed by atoms with Gasteiger partial charge in [-0.2, -0.15) is 0 Å². The van der Waals surface area contributed by atoms with Crippen LogP contribution < -0.4 is 10.6 Å². The highest BCUT2D eigenvalue weighted by molar-refractivity contribution is 7.91. The molecular formula is C21H24N4O4S. The Balaban J connectivity index is 1.77. The van der Waals surface area contributed by atoms with Crippen molar-refractivity contribution in [2.75, 3.05) is 11.5 Å². The maximum atomic E-state index is 13.1. The van der Waals surface area contributed by atoms with Gasteiger partial charge in [-0.3, -0.25) is 9.59 Å². The van der Waals surface area contributed by atoms with Crippen LogP contribution in [0.4, 0.5) is 0 Å². The van der Waals surface area contributed by atoms with Crippen molar-refractivity contribution in [2.45, 2.75) is 38.8 Å². The van der Waals surface area contributed by atoms with Gasteiger partial charge in [0.05, 0.1) is 22.6 Å². The molecule has 2 aliphatic rings. The number of aromatic nitrogens is 1. The van der Waals surface area contributed by atoms with Crippen molar-refractivity contribution in [3.05, 3.63) is 41.6 Å². The van der Waals surface area contributed by atoms with Gasteiger partial charge in [-0.15, -0.1) is 0 Å². The van der Waals surface area contributed by atoms with Crippen LogP contribution in [0.1, 0.15) is 43.2 Å². The van der Waals surface area contributed by atoms with E-state index in [2.05, 4.69) is 20.6 Å². The fourth-order valence-electron chi connectivity index (χ4n) is 3.69. The number of benzene rings is 1. The molecule has 30 heavy (non-hydrogen) atoms. The molecule has 9 heteroatoms. The Labute approximate surface area is 175 Å². The molecule has 0 bridgehead atoms. The fourth-order valence-corrected chi connectivity index (χ4v) is 5.36. The predicted molar refractivity (Wildman–Crippen MR) is 114 cm³/mol. The largest absolute Gasteiger partial charge is 0.348 e. The lowest BCUT2D eigenvalue weighted by Gasteiger charge is -2.21. The lowest BCUT2D eigenvalue weighted by atomic mass is 9.89. The van der Waals surface area contributed by atoms with Crippen LogP contribution in [0.25, 0.3) is 10.9 Å². The number of fused-ring (bicyclic) bond motifs is 1. The zero-order valence-electron chi connectivity index (χ0n) is 17.1. The molecule has 2 amide bonds. The van der Waals surface area contributed by atoms with Gasteiger partial charge in [0.15, 0.2) is 15.7 Å². The Bertz CT molecular complexity index is 1190. The SMILES string of the molecule is CC(C)[C@@]1(C)N=C(c2nc3ccccc3cc2C(=O)N[C@H]2CCS(=O)(=O)C2)NC1=O. The van der Waals surface area contributed by atoms with E-state index in [9.17, 15) is 18.0 Å². The minimum atomic E-state index is -3.13. The number of para-hydroxylation sites is 1. The molecule has 0 unspecified atom stereocenters. The van der Waals surface area contributed by atoms with Crippen molar-refractivity contribution in [1.29, 1.82) is 0 Å². The molecule has 1 saturated heterocycles. The summed E-state index contributed by atoms with van der Waals surface area (Å²) in [6.07, 6.45) is 0.382. The minimum Gasteiger partial charge on any atom is -0.348 e. The molecule has 2 atom stereocenters. The van der Waals surface area contributed by atoms with E-state index in [0.717, 1.165) is 5.39 Å². The average Bonchev–Trinajstić information content (AvgIpc) is 3.19. The summed E-state index contributed by atoms with van der Waals surface area (Å²) in [7, 11) is -3.13. The van der Waals surface area contributed by atoms with Crippen molar-refractivity contribution in [1.82, 2.24) is 15.6 Å². The van der Waals surface area contributed by atoms with Crippen LogP contribution in [-0.2, 0) is 14.6 Å². The first-order valence-electron chi connectivity index (χ1n) is 9.92. The van der Waals surface area contributed by atoms with E-state index in [-0.39, 0.29) is 40.4 Å². The van der Waals surface area contributed by atoms with E-state index in [4.69, 9.17) is 0 Å². The summed E-state index contributed by atoms with van der Waals surface area (Å²) in [6, 6.07) is 8.62. The maximum Gasteiger partial charge on any atom is 0.253 e. The van der Waals surface area contributed by atoms with Gasteiger partial charge in [0, 0.05) is 11.4 Å². The van der Waals surface area contributed by atoms with E-state index < -0.39 is 27.3 Å². The quantitative estimate of drug-likeness (QED) is 0.764. The number of amides is 2. The number of aliphatic imine (C=N–C) groups is 1. The van der Waals surface area contributed by atoms with Gasteiger partial charge in [0.2, 0.25) is 0 Å². The minimum absolute atomic E-state index is 0.0450. The highest BCUT2D eigenvalue weighted by atomic mass is 32.2. The van der Waals surface area contributed by atoms with Crippen LogP contribution in [0.2, 0.25) is 0 Å². The fraction of sp³-hybridized carbons (Fsp3) is 0.429. The normalized spacial score (nSPS) is 25.4. The first kappa shape index (κ1) is 20.5. The third-order valence-corrected chi connectivity index (χ3v) is 7.69. The van der Waals surface area contributed by atoms with Gasteiger partial charge in [-0.05, 0) is 31.4 Å². The molecule has 1 aromatic carbocycles. The summed E-state index contributed by atoms with van der Waals surface area (Å²) in [5, 5.41) is 6.36. The summed E-state index contributed by atoms with van der Waals surface area (Å²) < 4.78 is 23.5. The van der Waals surface area contributed by atoms with E-state index in [1.54, 1.807) is 13.0 Å². The molecule has 2 N–H and O–H groups in total. The first-order chi connectivity index (χ1) is 14.1. The molecule has 0 saturated carbocycles. The number of pyridine rings is 1. The number of rotatable bonds is 4. The third kappa shape index (κ3) is 3.58. The Kier molecular flexibility index (Phi) is 4.88. The lowest BCUT2D eigenvalue weighted by molar-refractivity contribution is -0.124. The zero-order chi connectivity index (χ0) is 21.7. The van der Waals surface area contributed by atoms with Crippen LogP contribution in [0, 0.1) is 5.92 Å². The Morgan fingerprint density at radius 3 is 2.67 bits per heavy atom. The lowest BCUT2D eigenvalue weighted by Crippen LogP contribution is -2.41. The van der Waals surface area contributed by atoms with Gasteiger partial charge in [-0.1, -0.05) is 32.0 Å². The second-order valence-electron chi connectivity index (χ2n) is 8.37. The summed E-state index contributed by atoms with van der Waals surface area (Å²) >= 11 is 0. The Morgan fingerprint density at radius 2 is 2.03 bits per heavy atom. The van der Waals surface area contributed by atoms with E-state index in [0.29, 0.717) is 11.9 Å². The zero-order valence-corrected chi connectivity index (χ0v) is 17.9. The molecule has 2 aromatic rings. The van der Waals surface area contributed by atoms with E-state index >= 15 is 0 Å². The Hall–Kier alpha value is -2.81. The van der Waals surface area contributed by atoms with Crippen molar-refractivity contribution in [3.8, 4) is 0 Å². The highest BCUT2D eigenvalue weighted by Crippen LogP contribution is 2.28. The molecular weight excluding hydrogens is 404 g/mol. The number of hydrogen-bond donors (Lipinski definition) is 2. The van der Waals surface area contributed by atoms with Crippen LogP contribution in [0.3, 0.4) is 0 Å². The Morgan fingerprint density at radius 1 is 1.30 bits per heavy atom. The first-order valence-corrected chi connectivity index (χ1v) is 11.7. The third-order valence-electron chi connectivity index (χ3n) is 5.92. The van der Waals surface area contributed by atoms with Gasteiger partial charge < -0.3 is 10.6 Å². The van der Waals surface area contributed by atoms with Gasteiger partial charge in [-0.25, -0.2) is 18.4 Å². The number of amidine groups is 1. The smallest absolute Gasteiger partial charge is 0.253 e. The van der Waals surface area contributed by atoms with Crippen LogP contribution >= 0.6 is 0 Å². The molecule has 0 aliphatic carbocycles. The monoisotopic (exact) mass is 428 g/mol. The van der Waals surface area contributed by atoms with Crippen molar-refractivity contribution < 1.29 is 18.0 Å². The topological polar surface area (TPSA) is 118 Å². The van der Waals surface area contributed by atoms with Crippen molar-refractivity contribution in [2.24, 2.45) is 10.9 Å². The van der Waals surface area contributed by atoms with Crippen molar-refractivity contribution in [3.63, 3.8) is 0 Å². The molecule has 1 fully saturated rings. The maximum absolute atomic E-state index is 13.1. The highest BCUT2D eigenvalue weighted by Gasteiger charge is 2.43. The number of carbonyl (C=O) groups excluding carboxylic acids is 2. The average molecular weight is 429 g/mol. The number of hydrogen-bond acceptors (Lipinski definition) is 6. The molecule has 0 radical (unpaired) electrons. The molecule has 2 aliphatic heterocycles. The van der Waals surface area contributed by atoms with Gasteiger partial charge in [0.1, 0.15) is 11.2 Å². The van der Waals surface area contributed by atoms with Gasteiger partial charge >= 0.3 is 0 Å². The van der Waals surface area contributed by atoms with Crippen LogP contribution in [0.15, 0.2) is 35.3 Å². The molecule has 158 valence electrons. The van der Waals surface area contributed by atoms with E-state index in [1.165, 1.54) is 0 Å². The van der Waals surface area contributed by atoms with Crippen molar-refractivity contribution >= 4 is 38.4 Å².